The Labute approximate surface area is 251 Å². The second-order valence-electron chi connectivity index (χ2n) is 15.2. The highest BCUT2D eigenvalue weighted by Gasteiger charge is 2.59. The summed E-state index contributed by atoms with van der Waals surface area (Å²) in [6.07, 6.45) is 4.07. The highest BCUT2D eigenvalue weighted by molar-refractivity contribution is 5.38. The summed E-state index contributed by atoms with van der Waals surface area (Å²) in [5.74, 6) is 1.62. The Balaban J connectivity index is 1.26. The molecule has 1 saturated heterocycles. The Morgan fingerprint density at radius 3 is 2.43 bits per heavy atom. The molecule has 4 unspecified atom stereocenters. The van der Waals surface area contributed by atoms with E-state index in [2.05, 4.69) is 40.7 Å². The van der Waals surface area contributed by atoms with Crippen LogP contribution in [0.1, 0.15) is 92.4 Å². The highest BCUT2D eigenvalue weighted by atomic mass is 16.7. The third-order valence-electron chi connectivity index (χ3n) is 12.4. The zero-order valence-corrected chi connectivity index (χ0v) is 26.3. The molecular weight excluding hydrogens is 536 g/mol. The average molecular weight is 593 g/mol. The number of hydrogen-bond donors (Lipinski definition) is 6. The fourth-order valence-electron chi connectivity index (χ4n) is 9.88. The molecule has 4 aliphatic carbocycles. The molecule has 4 fully saturated rings. The van der Waals surface area contributed by atoms with E-state index in [0.29, 0.717) is 36.5 Å². The second-order valence-corrected chi connectivity index (χ2v) is 15.2. The van der Waals surface area contributed by atoms with Crippen LogP contribution in [0, 0.1) is 40.4 Å². The maximum absolute atomic E-state index is 11.5. The van der Waals surface area contributed by atoms with Crippen LogP contribution in [0.25, 0.3) is 0 Å². The second kappa shape index (κ2) is 12.5. The summed E-state index contributed by atoms with van der Waals surface area (Å²) >= 11 is 0. The van der Waals surface area contributed by atoms with E-state index < -0.39 is 36.8 Å². The fourth-order valence-corrected chi connectivity index (χ4v) is 9.88. The zero-order chi connectivity index (χ0) is 30.6. The maximum Gasteiger partial charge on any atom is 0.186 e. The standard InChI is InChI=1S/C34H56O8/c1-18(2)20(10-13-41-32-31(40)30(39)28(38)17-42-32)7-6-19(3)24-16-27(37)29-22-15-26(36)25-14-21(35)8-11-33(25,4)23(22)9-12-34(24,29)5/h10,18-19,21,23-28,30-32,35-40H,6-9,11-17H2,1-5H3/b20-10-/t19-,21?,23+,24-,25?,26?,27?,28-,30+,31-,32-,33-,34-/m1/s1. The summed E-state index contributed by atoms with van der Waals surface area (Å²) in [7, 11) is 0. The minimum absolute atomic E-state index is 0.0143. The molecule has 1 aliphatic heterocycles. The molecule has 13 atom stereocenters. The molecule has 6 N–H and O–H groups in total. The lowest BCUT2D eigenvalue weighted by atomic mass is 9.48. The van der Waals surface area contributed by atoms with Gasteiger partial charge in [0.2, 0.25) is 0 Å². The maximum atomic E-state index is 11.5. The van der Waals surface area contributed by atoms with E-state index in [9.17, 15) is 30.6 Å². The van der Waals surface area contributed by atoms with E-state index in [1.54, 1.807) is 0 Å². The lowest BCUT2D eigenvalue weighted by molar-refractivity contribution is -0.266. The van der Waals surface area contributed by atoms with Gasteiger partial charge < -0.3 is 40.1 Å². The number of fused-ring (bicyclic) bond motifs is 4. The van der Waals surface area contributed by atoms with Crippen molar-refractivity contribution in [2.45, 2.75) is 135 Å². The van der Waals surface area contributed by atoms with Gasteiger partial charge in [-0.2, -0.15) is 0 Å². The molecule has 5 aliphatic rings. The smallest absolute Gasteiger partial charge is 0.186 e. The summed E-state index contributed by atoms with van der Waals surface area (Å²) in [6, 6.07) is 0. The van der Waals surface area contributed by atoms with Crippen LogP contribution < -0.4 is 0 Å². The molecule has 0 aromatic rings. The van der Waals surface area contributed by atoms with Crippen molar-refractivity contribution in [2.75, 3.05) is 13.2 Å². The van der Waals surface area contributed by atoms with Gasteiger partial charge in [-0.1, -0.05) is 51.8 Å². The number of allylic oxidation sites excluding steroid dienone is 1. The van der Waals surface area contributed by atoms with Gasteiger partial charge in [0.05, 0.1) is 31.5 Å². The molecule has 0 radical (unpaired) electrons. The average Bonchev–Trinajstić information content (AvgIpc) is 3.21. The van der Waals surface area contributed by atoms with Gasteiger partial charge >= 0.3 is 0 Å². The van der Waals surface area contributed by atoms with E-state index in [1.165, 1.54) is 16.7 Å². The van der Waals surface area contributed by atoms with Crippen LogP contribution in [0.5, 0.6) is 0 Å². The van der Waals surface area contributed by atoms with E-state index in [-0.39, 0.29) is 36.1 Å². The van der Waals surface area contributed by atoms with Gasteiger partial charge in [0.25, 0.3) is 0 Å². The number of rotatable bonds is 8. The van der Waals surface area contributed by atoms with Crippen LogP contribution in [0.3, 0.4) is 0 Å². The van der Waals surface area contributed by atoms with Gasteiger partial charge in [-0.15, -0.1) is 0 Å². The normalized spacial score (nSPS) is 46.8. The number of aliphatic hydroxyl groups excluding tert-OH is 6. The molecule has 5 rings (SSSR count). The van der Waals surface area contributed by atoms with E-state index in [4.69, 9.17) is 9.47 Å². The Kier molecular flexibility index (Phi) is 9.70. The lowest BCUT2D eigenvalue weighted by Crippen LogP contribution is -2.53. The Bertz CT molecular complexity index is 1030. The van der Waals surface area contributed by atoms with Crippen molar-refractivity contribution >= 4 is 0 Å². The molecule has 0 aromatic heterocycles. The SMILES string of the molecule is CC(C)/C(=C\CO[C@@H]1OC[C@@H](O)[C@H](O)[C@H]1O)CC[C@@H](C)[C@H]1CC(O)C2=C3CC(O)C4CC(O)CC[C@]4(C)[C@H]3CC[C@@]21C. The van der Waals surface area contributed by atoms with E-state index in [0.717, 1.165) is 44.9 Å². The topological polar surface area (TPSA) is 140 Å². The quantitative estimate of drug-likeness (QED) is 0.236. The lowest BCUT2D eigenvalue weighted by Gasteiger charge is -2.58. The Morgan fingerprint density at radius 1 is 0.976 bits per heavy atom. The first-order valence-electron chi connectivity index (χ1n) is 16.5. The molecule has 0 aromatic carbocycles. The van der Waals surface area contributed by atoms with Crippen molar-refractivity contribution in [3.05, 3.63) is 22.8 Å². The van der Waals surface area contributed by atoms with E-state index in [1.807, 2.05) is 0 Å². The molecule has 0 amide bonds. The molecule has 1 heterocycles. The fraction of sp³-hybridized carbons (Fsp3) is 0.882. The molecular formula is C34H56O8. The minimum atomic E-state index is -1.29. The molecule has 0 bridgehead atoms. The van der Waals surface area contributed by atoms with Gasteiger partial charge in [-0.05, 0) is 104 Å². The van der Waals surface area contributed by atoms with Crippen molar-refractivity contribution in [3.63, 3.8) is 0 Å². The summed E-state index contributed by atoms with van der Waals surface area (Å²) in [4.78, 5) is 0. The molecule has 8 heteroatoms. The predicted molar refractivity (Wildman–Crippen MR) is 159 cm³/mol. The molecule has 8 nitrogen and oxygen atoms in total. The van der Waals surface area contributed by atoms with E-state index >= 15 is 0 Å². The highest BCUT2D eigenvalue weighted by Crippen LogP contribution is 2.66. The van der Waals surface area contributed by atoms with Gasteiger partial charge in [0.15, 0.2) is 6.29 Å². The summed E-state index contributed by atoms with van der Waals surface area (Å²) in [6.45, 7) is 11.5. The minimum Gasteiger partial charge on any atom is -0.393 e. The first-order chi connectivity index (χ1) is 19.8. The van der Waals surface area contributed by atoms with Gasteiger partial charge in [0, 0.05) is 0 Å². The van der Waals surface area contributed by atoms with Crippen molar-refractivity contribution in [2.24, 2.45) is 40.4 Å². The third-order valence-corrected chi connectivity index (χ3v) is 12.4. The Morgan fingerprint density at radius 2 is 1.71 bits per heavy atom. The summed E-state index contributed by atoms with van der Waals surface area (Å²) in [5.41, 5.74) is 3.75. The number of ether oxygens (including phenoxy) is 2. The predicted octanol–water partition coefficient (Wildman–Crippen LogP) is 3.47. The van der Waals surface area contributed by atoms with Gasteiger partial charge in [-0.3, -0.25) is 0 Å². The van der Waals surface area contributed by atoms with Gasteiger partial charge in [0.1, 0.15) is 18.3 Å². The van der Waals surface area contributed by atoms with Crippen molar-refractivity contribution in [1.82, 2.24) is 0 Å². The summed E-state index contributed by atoms with van der Waals surface area (Å²) < 4.78 is 11.1. The largest absolute Gasteiger partial charge is 0.393 e. The van der Waals surface area contributed by atoms with Crippen LogP contribution in [0.4, 0.5) is 0 Å². The number of aliphatic hydroxyl groups is 6. The monoisotopic (exact) mass is 592 g/mol. The summed E-state index contributed by atoms with van der Waals surface area (Å²) in [5, 5.41) is 62.9. The zero-order valence-electron chi connectivity index (χ0n) is 26.3. The van der Waals surface area contributed by atoms with Crippen LogP contribution in [-0.4, -0.2) is 86.8 Å². The van der Waals surface area contributed by atoms with Crippen molar-refractivity contribution in [3.8, 4) is 0 Å². The van der Waals surface area contributed by atoms with Crippen LogP contribution in [0.15, 0.2) is 22.8 Å². The first kappa shape index (κ1) is 32.6. The molecule has 42 heavy (non-hydrogen) atoms. The first-order valence-corrected chi connectivity index (χ1v) is 16.5. The van der Waals surface area contributed by atoms with Crippen molar-refractivity contribution in [1.29, 1.82) is 0 Å². The van der Waals surface area contributed by atoms with Gasteiger partial charge in [-0.25, -0.2) is 0 Å². The molecule has 3 saturated carbocycles. The van der Waals surface area contributed by atoms with Crippen LogP contribution in [0.2, 0.25) is 0 Å². The number of hydrogen-bond acceptors (Lipinski definition) is 8. The third kappa shape index (κ3) is 5.80. The molecule has 0 spiro atoms. The van der Waals surface area contributed by atoms with Crippen LogP contribution >= 0.6 is 0 Å². The molecule has 240 valence electrons. The Hall–Kier alpha value is -0.840. The van der Waals surface area contributed by atoms with Crippen LogP contribution in [-0.2, 0) is 9.47 Å². The van der Waals surface area contributed by atoms with Crippen molar-refractivity contribution < 1.29 is 40.1 Å².